The molecule has 232 valence electrons. The molecule has 3 aliphatic heterocycles. The minimum atomic E-state index is -4.53. The number of benzene rings is 2. The summed E-state index contributed by atoms with van der Waals surface area (Å²) in [6.45, 7) is 3.36. The third-order valence-electron chi connectivity index (χ3n) is 9.88. The van der Waals surface area contributed by atoms with E-state index in [1.54, 1.807) is 6.07 Å². The number of carbonyl (C=O) groups excluding carboxylic acids is 1. The van der Waals surface area contributed by atoms with Crippen LogP contribution in [0.2, 0.25) is 0 Å². The molecule has 4 aliphatic rings. The van der Waals surface area contributed by atoms with Crippen LogP contribution < -0.4 is 0 Å². The average molecular weight is 605 g/mol. The van der Waals surface area contributed by atoms with Crippen LogP contribution in [0.25, 0.3) is 0 Å². The smallest absolute Gasteiger partial charge is 0.416 e. The SMILES string of the molecule is C[C@@]1(O)CN(C(=O)[C@@]2(C3CC3)CC[C@@H](N3CCC(c4ccc(F)c(C(=O)O)c4)CC3)CO2)Cc2cc(C(F)(F)F)ccc21. The maximum absolute atomic E-state index is 14.1. The van der Waals surface area contributed by atoms with Crippen LogP contribution in [-0.4, -0.2) is 69.8 Å². The molecule has 0 radical (unpaired) electrons. The van der Waals surface area contributed by atoms with E-state index in [0.717, 1.165) is 62.9 Å². The van der Waals surface area contributed by atoms with Crippen molar-refractivity contribution in [2.75, 3.05) is 26.2 Å². The van der Waals surface area contributed by atoms with Crippen LogP contribution in [0.4, 0.5) is 17.6 Å². The summed E-state index contributed by atoms with van der Waals surface area (Å²) in [5, 5.41) is 20.5. The van der Waals surface area contributed by atoms with Gasteiger partial charge >= 0.3 is 12.1 Å². The summed E-state index contributed by atoms with van der Waals surface area (Å²) in [5.74, 6) is -2.12. The number of piperidine rings is 1. The molecule has 0 aromatic heterocycles. The number of carbonyl (C=O) groups is 2. The van der Waals surface area contributed by atoms with E-state index in [1.807, 2.05) is 0 Å². The molecule has 11 heteroatoms. The number of aliphatic hydroxyl groups is 1. The molecular weight excluding hydrogens is 568 g/mol. The van der Waals surface area contributed by atoms with Gasteiger partial charge in [0.15, 0.2) is 0 Å². The van der Waals surface area contributed by atoms with Gasteiger partial charge in [-0.05, 0) is 111 Å². The highest BCUT2D eigenvalue weighted by molar-refractivity contribution is 5.88. The van der Waals surface area contributed by atoms with Gasteiger partial charge in [-0.25, -0.2) is 9.18 Å². The number of rotatable bonds is 5. The van der Waals surface area contributed by atoms with E-state index < -0.39 is 34.7 Å². The lowest BCUT2D eigenvalue weighted by Gasteiger charge is -2.48. The second-order valence-electron chi connectivity index (χ2n) is 12.8. The minimum Gasteiger partial charge on any atom is -0.478 e. The minimum absolute atomic E-state index is 0.0179. The van der Waals surface area contributed by atoms with Gasteiger partial charge < -0.3 is 19.8 Å². The number of likely N-dealkylation sites (tertiary alicyclic amines) is 1. The highest BCUT2D eigenvalue weighted by Crippen LogP contribution is 2.49. The Hall–Kier alpha value is -3.02. The van der Waals surface area contributed by atoms with Crippen molar-refractivity contribution in [2.24, 2.45) is 5.92 Å². The fourth-order valence-electron chi connectivity index (χ4n) is 7.40. The van der Waals surface area contributed by atoms with Crippen LogP contribution in [0.3, 0.4) is 0 Å². The largest absolute Gasteiger partial charge is 0.478 e. The van der Waals surface area contributed by atoms with E-state index in [2.05, 4.69) is 4.90 Å². The Morgan fingerprint density at radius 3 is 2.35 bits per heavy atom. The molecule has 2 aromatic carbocycles. The van der Waals surface area contributed by atoms with Crippen LogP contribution in [-0.2, 0) is 27.9 Å². The zero-order chi connectivity index (χ0) is 30.7. The number of nitrogens with zero attached hydrogens (tertiary/aromatic N) is 2. The van der Waals surface area contributed by atoms with E-state index in [9.17, 15) is 37.4 Å². The predicted molar refractivity (Wildman–Crippen MR) is 148 cm³/mol. The first-order valence-corrected chi connectivity index (χ1v) is 14.9. The average Bonchev–Trinajstić information content (AvgIpc) is 3.82. The topological polar surface area (TPSA) is 90.3 Å². The quantitative estimate of drug-likeness (QED) is 0.451. The summed E-state index contributed by atoms with van der Waals surface area (Å²) in [7, 11) is 0. The molecular formula is C32H36F4N2O5. The lowest BCUT2D eigenvalue weighted by molar-refractivity contribution is -0.180. The van der Waals surface area contributed by atoms with E-state index in [1.165, 1.54) is 30.0 Å². The number of ether oxygens (including phenoxy) is 1. The van der Waals surface area contributed by atoms with Gasteiger partial charge in [0.05, 0.1) is 24.3 Å². The Kier molecular flexibility index (Phi) is 7.58. The predicted octanol–water partition coefficient (Wildman–Crippen LogP) is 5.30. The Morgan fingerprint density at radius 2 is 1.74 bits per heavy atom. The Balaban J connectivity index is 1.12. The maximum Gasteiger partial charge on any atom is 0.416 e. The summed E-state index contributed by atoms with van der Waals surface area (Å²) in [4.78, 5) is 29.3. The fraction of sp³-hybridized carbons (Fsp3) is 0.562. The van der Waals surface area contributed by atoms with Crippen LogP contribution in [0, 0.1) is 11.7 Å². The molecule has 7 nitrogen and oxygen atoms in total. The zero-order valence-corrected chi connectivity index (χ0v) is 24.0. The van der Waals surface area contributed by atoms with Gasteiger partial charge in [-0.15, -0.1) is 0 Å². The summed E-state index contributed by atoms with van der Waals surface area (Å²) in [6, 6.07) is 7.70. The van der Waals surface area contributed by atoms with Gasteiger partial charge in [-0.2, -0.15) is 13.2 Å². The number of β-amino-alcohol motifs (C(OH)–C–C–N with tert-alkyl or cyclic N) is 1. The van der Waals surface area contributed by atoms with Gasteiger partial charge in [-0.3, -0.25) is 9.69 Å². The molecule has 0 bridgehead atoms. The van der Waals surface area contributed by atoms with Crippen molar-refractivity contribution in [1.29, 1.82) is 0 Å². The lowest BCUT2D eigenvalue weighted by Crippen LogP contribution is -2.60. The number of hydrogen-bond donors (Lipinski definition) is 2. The monoisotopic (exact) mass is 604 g/mol. The highest BCUT2D eigenvalue weighted by Gasteiger charge is 2.56. The Labute approximate surface area is 247 Å². The van der Waals surface area contributed by atoms with Gasteiger partial charge in [0.25, 0.3) is 5.91 Å². The van der Waals surface area contributed by atoms with Crippen molar-refractivity contribution in [3.63, 3.8) is 0 Å². The molecule has 2 N–H and O–H groups in total. The van der Waals surface area contributed by atoms with E-state index >= 15 is 0 Å². The van der Waals surface area contributed by atoms with Gasteiger partial charge in [0.1, 0.15) is 17.0 Å². The molecule has 2 aromatic rings. The summed E-state index contributed by atoms with van der Waals surface area (Å²) >= 11 is 0. The number of amides is 1. The van der Waals surface area contributed by atoms with Crippen molar-refractivity contribution in [3.8, 4) is 0 Å². The van der Waals surface area contributed by atoms with Crippen LogP contribution in [0.1, 0.15) is 84.0 Å². The van der Waals surface area contributed by atoms with E-state index in [0.29, 0.717) is 24.2 Å². The number of carboxylic acid groups (broad SMARTS) is 1. The van der Waals surface area contributed by atoms with Crippen LogP contribution in [0.15, 0.2) is 36.4 Å². The fourth-order valence-corrected chi connectivity index (χ4v) is 7.40. The standard InChI is InChI=1S/C32H36F4N2O5/c1-30(42)18-38(16-21-14-23(32(34,35)36)5-6-26(21)30)29(41)31(22-3-4-22)11-8-24(17-43-31)37-12-9-19(10-13-37)20-2-7-27(33)25(15-20)28(39)40/h2,5-7,14-15,19,22,24,42H,3-4,8-13,16-18H2,1H3,(H,39,40)/t24-,30-,31+/m1/s1. The second kappa shape index (κ2) is 10.9. The van der Waals surface area contributed by atoms with Gasteiger partial charge in [-0.1, -0.05) is 12.1 Å². The van der Waals surface area contributed by atoms with E-state index in [-0.39, 0.29) is 42.4 Å². The Bertz CT molecular complexity index is 1410. The normalized spacial score (nSPS) is 28.9. The number of carboxylic acids is 1. The van der Waals surface area contributed by atoms with Gasteiger partial charge in [0.2, 0.25) is 0 Å². The number of halogens is 4. The molecule has 1 aliphatic carbocycles. The molecule has 2 saturated heterocycles. The number of fused-ring (bicyclic) bond motifs is 1. The van der Waals surface area contributed by atoms with Gasteiger partial charge in [0, 0.05) is 12.6 Å². The molecule has 1 amide bonds. The highest BCUT2D eigenvalue weighted by atomic mass is 19.4. The van der Waals surface area contributed by atoms with Crippen LogP contribution in [0.5, 0.6) is 0 Å². The molecule has 6 rings (SSSR count). The first-order valence-electron chi connectivity index (χ1n) is 14.9. The number of aromatic carboxylic acids is 1. The third kappa shape index (κ3) is 5.67. The number of hydrogen-bond acceptors (Lipinski definition) is 5. The molecule has 3 fully saturated rings. The van der Waals surface area contributed by atoms with Crippen molar-refractivity contribution in [1.82, 2.24) is 9.80 Å². The first kappa shape index (κ1) is 30.0. The van der Waals surface area contributed by atoms with Crippen molar-refractivity contribution in [3.05, 3.63) is 70.0 Å². The first-order chi connectivity index (χ1) is 20.3. The zero-order valence-electron chi connectivity index (χ0n) is 24.0. The van der Waals surface area contributed by atoms with Crippen molar-refractivity contribution < 1.29 is 42.1 Å². The third-order valence-corrected chi connectivity index (χ3v) is 9.88. The van der Waals surface area contributed by atoms with Crippen molar-refractivity contribution >= 4 is 11.9 Å². The summed E-state index contributed by atoms with van der Waals surface area (Å²) < 4.78 is 60.6. The molecule has 0 unspecified atom stereocenters. The molecule has 43 heavy (non-hydrogen) atoms. The second-order valence-corrected chi connectivity index (χ2v) is 12.8. The molecule has 3 atom stereocenters. The molecule has 0 spiro atoms. The maximum atomic E-state index is 14.1. The van der Waals surface area contributed by atoms with Crippen molar-refractivity contribution in [2.45, 2.75) is 81.3 Å². The summed E-state index contributed by atoms with van der Waals surface area (Å²) in [5.41, 5.74) is -2.16. The molecule has 3 heterocycles. The Morgan fingerprint density at radius 1 is 1.02 bits per heavy atom. The summed E-state index contributed by atoms with van der Waals surface area (Å²) in [6.07, 6.45) is -0.0422. The van der Waals surface area contributed by atoms with Crippen LogP contribution >= 0.6 is 0 Å². The molecule has 1 saturated carbocycles. The lowest BCUT2D eigenvalue weighted by atomic mass is 9.81. The van der Waals surface area contributed by atoms with E-state index in [4.69, 9.17) is 4.74 Å². The number of alkyl halides is 3.